The molecule has 1 aromatic carbocycles. The van der Waals surface area contributed by atoms with E-state index in [-0.39, 0.29) is 12.0 Å². The summed E-state index contributed by atoms with van der Waals surface area (Å²) in [7, 11) is 0. The maximum atomic E-state index is 12.9. The van der Waals surface area contributed by atoms with Crippen LogP contribution in [0.3, 0.4) is 0 Å². The molecule has 1 amide bonds. The molecule has 1 unspecified atom stereocenters. The average molecular weight is 370 g/mol. The Kier molecular flexibility index (Phi) is 5.02. The first-order chi connectivity index (χ1) is 13.0. The van der Waals surface area contributed by atoms with Crippen LogP contribution in [0.5, 0.6) is 0 Å². The van der Waals surface area contributed by atoms with Crippen LogP contribution in [-0.4, -0.2) is 33.7 Å². The van der Waals surface area contributed by atoms with Crippen molar-refractivity contribution in [1.29, 1.82) is 0 Å². The maximum absolute atomic E-state index is 12.9. The Balaban J connectivity index is 2.08. The highest BCUT2D eigenvalue weighted by Crippen LogP contribution is 2.25. The molecule has 2 aromatic heterocycles. The summed E-state index contributed by atoms with van der Waals surface area (Å²) in [6.45, 7) is 5.18. The van der Waals surface area contributed by atoms with Gasteiger partial charge in [-0.05, 0) is 39.0 Å². The van der Waals surface area contributed by atoms with Gasteiger partial charge >= 0.3 is 5.97 Å². The molecule has 0 N–H and O–H groups in total. The van der Waals surface area contributed by atoms with Crippen LogP contribution >= 0.6 is 0 Å². The van der Waals surface area contributed by atoms with Crippen LogP contribution in [0.4, 0.5) is 11.5 Å². The minimum absolute atomic E-state index is 0.217. The molecule has 2 heterocycles. The number of benzene rings is 1. The molecule has 0 bridgehead atoms. The number of ether oxygens (including phenoxy) is 1. The number of carbonyl (C=O) groups excluding carboxylic acids is 2. The molecule has 0 aliphatic rings. The molecule has 3 aromatic rings. The first-order valence-corrected chi connectivity index (χ1v) is 8.31. The van der Waals surface area contributed by atoms with Crippen molar-refractivity contribution in [2.24, 2.45) is 0 Å². The second-order valence-electron chi connectivity index (χ2n) is 5.86. The van der Waals surface area contributed by atoms with Gasteiger partial charge in [-0.15, -0.1) is 0 Å². The van der Waals surface area contributed by atoms with Crippen molar-refractivity contribution in [3.8, 4) is 0 Å². The SMILES string of the molecule is CCOC(=O)C(C)n1cnc2ccc(N(C=O)c3cc(C)on3)cc2c1=O. The predicted octanol–water partition coefficient (Wildman–Crippen LogP) is 2.11. The van der Waals surface area contributed by atoms with Crippen LogP contribution in [-0.2, 0) is 14.3 Å². The smallest absolute Gasteiger partial charge is 0.328 e. The minimum atomic E-state index is -0.821. The number of rotatable bonds is 6. The normalized spacial score (nSPS) is 12.0. The Morgan fingerprint density at radius 1 is 1.41 bits per heavy atom. The fourth-order valence-corrected chi connectivity index (χ4v) is 2.64. The molecule has 9 nitrogen and oxygen atoms in total. The summed E-state index contributed by atoms with van der Waals surface area (Å²) >= 11 is 0. The molecule has 0 saturated carbocycles. The summed E-state index contributed by atoms with van der Waals surface area (Å²) in [5.74, 6) is 0.320. The first-order valence-electron chi connectivity index (χ1n) is 8.31. The minimum Gasteiger partial charge on any atom is -0.464 e. The standard InChI is InChI=1S/C18H18N4O5/c1-4-26-18(25)12(3)21-9-19-15-6-5-13(8-14(15)17(21)24)22(10-23)16-7-11(2)27-20-16/h5-10,12H,4H2,1-3H3. The monoisotopic (exact) mass is 370 g/mol. The zero-order chi connectivity index (χ0) is 19.6. The number of anilines is 2. The van der Waals surface area contributed by atoms with E-state index < -0.39 is 17.6 Å². The van der Waals surface area contributed by atoms with E-state index in [0.717, 1.165) is 0 Å². The quantitative estimate of drug-likeness (QED) is 0.483. The number of nitrogens with zero attached hydrogens (tertiary/aromatic N) is 4. The average Bonchev–Trinajstić information content (AvgIpc) is 3.08. The maximum Gasteiger partial charge on any atom is 0.328 e. The van der Waals surface area contributed by atoms with Crippen LogP contribution in [0.15, 0.2) is 39.9 Å². The molecule has 0 spiro atoms. The number of carbonyl (C=O) groups is 2. The lowest BCUT2D eigenvalue weighted by Crippen LogP contribution is -2.29. The van der Waals surface area contributed by atoms with Gasteiger partial charge in [0.05, 0.1) is 29.5 Å². The van der Waals surface area contributed by atoms with Gasteiger partial charge < -0.3 is 9.26 Å². The van der Waals surface area contributed by atoms with Crippen molar-refractivity contribution in [3.05, 3.63) is 46.7 Å². The third-order valence-electron chi connectivity index (χ3n) is 4.06. The molecular formula is C18H18N4O5. The topological polar surface area (TPSA) is 108 Å². The second-order valence-corrected chi connectivity index (χ2v) is 5.86. The molecule has 3 rings (SSSR count). The summed E-state index contributed by atoms with van der Waals surface area (Å²) in [4.78, 5) is 41.8. The lowest BCUT2D eigenvalue weighted by Gasteiger charge is -2.16. The van der Waals surface area contributed by atoms with Gasteiger partial charge in [0.25, 0.3) is 5.56 Å². The van der Waals surface area contributed by atoms with Crippen molar-refractivity contribution in [1.82, 2.24) is 14.7 Å². The number of hydrogen-bond acceptors (Lipinski definition) is 7. The van der Waals surface area contributed by atoms with Gasteiger partial charge in [0.1, 0.15) is 11.8 Å². The molecular weight excluding hydrogens is 352 g/mol. The van der Waals surface area contributed by atoms with Gasteiger partial charge in [-0.25, -0.2) is 9.78 Å². The van der Waals surface area contributed by atoms with E-state index in [2.05, 4.69) is 10.1 Å². The van der Waals surface area contributed by atoms with E-state index in [4.69, 9.17) is 9.26 Å². The van der Waals surface area contributed by atoms with Gasteiger partial charge in [0, 0.05) is 6.07 Å². The molecule has 0 saturated heterocycles. The number of aryl methyl sites for hydroxylation is 1. The van der Waals surface area contributed by atoms with E-state index in [1.165, 1.54) is 21.9 Å². The highest BCUT2D eigenvalue weighted by Gasteiger charge is 2.20. The Bertz CT molecular complexity index is 1060. The first kappa shape index (κ1) is 18.3. The van der Waals surface area contributed by atoms with E-state index >= 15 is 0 Å². The largest absolute Gasteiger partial charge is 0.464 e. The van der Waals surface area contributed by atoms with Crippen molar-refractivity contribution >= 4 is 34.8 Å². The predicted molar refractivity (Wildman–Crippen MR) is 96.8 cm³/mol. The summed E-state index contributed by atoms with van der Waals surface area (Å²) in [6, 6.07) is 5.57. The fraction of sp³-hybridized carbons (Fsp3) is 0.278. The summed E-state index contributed by atoms with van der Waals surface area (Å²) in [6.07, 6.45) is 1.89. The number of esters is 1. The molecule has 0 radical (unpaired) electrons. The zero-order valence-corrected chi connectivity index (χ0v) is 15.1. The van der Waals surface area contributed by atoms with Gasteiger partial charge in [-0.1, -0.05) is 5.16 Å². The van der Waals surface area contributed by atoms with E-state index in [9.17, 15) is 14.4 Å². The molecule has 0 fully saturated rings. The molecule has 0 aliphatic carbocycles. The molecule has 140 valence electrons. The Labute approximate surface area is 154 Å². The highest BCUT2D eigenvalue weighted by molar-refractivity contribution is 5.90. The van der Waals surface area contributed by atoms with Crippen molar-refractivity contribution < 1.29 is 18.8 Å². The lowest BCUT2D eigenvalue weighted by molar-refractivity contribution is -0.146. The highest BCUT2D eigenvalue weighted by atomic mass is 16.5. The van der Waals surface area contributed by atoms with E-state index in [0.29, 0.717) is 29.2 Å². The van der Waals surface area contributed by atoms with Crippen LogP contribution in [0.1, 0.15) is 25.6 Å². The van der Waals surface area contributed by atoms with Gasteiger partial charge in [0.15, 0.2) is 5.82 Å². The number of hydrogen-bond donors (Lipinski definition) is 0. The fourth-order valence-electron chi connectivity index (χ4n) is 2.64. The second kappa shape index (κ2) is 7.40. The zero-order valence-electron chi connectivity index (χ0n) is 15.1. The Hall–Kier alpha value is -3.49. The number of fused-ring (bicyclic) bond motifs is 1. The molecule has 0 aliphatic heterocycles. The Morgan fingerprint density at radius 2 is 2.19 bits per heavy atom. The number of aromatic nitrogens is 3. The lowest BCUT2D eigenvalue weighted by atomic mass is 10.2. The summed E-state index contributed by atoms with van der Waals surface area (Å²) in [5, 5.41) is 4.08. The molecule has 27 heavy (non-hydrogen) atoms. The number of amides is 1. The van der Waals surface area contributed by atoms with Crippen molar-refractivity contribution in [2.75, 3.05) is 11.5 Å². The molecule has 9 heteroatoms. The van der Waals surface area contributed by atoms with Gasteiger partial charge in [-0.3, -0.25) is 19.1 Å². The van der Waals surface area contributed by atoms with Gasteiger partial charge in [-0.2, -0.15) is 0 Å². The molecule has 1 atom stereocenters. The van der Waals surface area contributed by atoms with E-state index in [1.807, 2.05) is 0 Å². The van der Waals surface area contributed by atoms with Crippen LogP contribution in [0.2, 0.25) is 0 Å². The third kappa shape index (κ3) is 3.43. The summed E-state index contributed by atoms with van der Waals surface area (Å²) < 4.78 is 11.2. The van der Waals surface area contributed by atoms with Crippen molar-refractivity contribution in [3.63, 3.8) is 0 Å². The third-order valence-corrected chi connectivity index (χ3v) is 4.06. The van der Waals surface area contributed by atoms with Gasteiger partial charge in [0.2, 0.25) is 6.41 Å². The van der Waals surface area contributed by atoms with Crippen LogP contribution in [0.25, 0.3) is 10.9 Å². The van der Waals surface area contributed by atoms with Crippen LogP contribution in [0, 0.1) is 6.92 Å². The summed E-state index contributed by atoms with van der Waals surface area (Å²) in [5.41, 5.74) is 0.453. The Morgan fingerprint density at radius 3 is 2.81 bits per heavy atom. The van der Waals surface area contributed by atoms with Crippen LogP contribution < -0.4 is 10.5 Å². The van der Waals surface area contributed by atoms with Crippen molar-refractivity contribution in [2.45, 2.75) is 26.8 Å². The van der Waals surface area contributed by atoms with E-state index in [1.54, 1.807) is 39.0 Å².